The van der Waals surface area contributed by atoms with Crippen LogP contribution in [0.2, 0.25) is 0 Å². The molecule has 1 atom stereocenters. The molecule has 1 aromatic rings. The average Bonchev–Trinajstić information content (AvgIpc) is 2.29. The fourth-order valence-electron chi connectivity index (χ4n) is 2.13. The first-order valence-electron chi connectivity index (χ1n) is 5.78. The Labute approximate surface area is 96.7 Å². The zero-order valence-corrected chi connectivity index (χ0v) is 9.72. The van der Waals surface area contributed by atoms with Crippen LogP contribution in [0.1, 0.15) is 36.2 Å². The van der Waals surface area contributed by atoms with E-state index in [9.17, 15) is 0 Å². The van der Waals surface area contributed by atoms with Crippen LogP contribution in [0.25, 0.3) is 6.08 Å². The van der Waals surface area contributed by atoms with Crippen LogP contribution in [0.15, 0.2) is 18.7 Å². The maximum Gasteiger partial charge on any atom is 0.0844 e. The molecular weight excluding hydrogens is 198 g/mol. The van der Waals surface area contributed by atoms with Crippen molar-refractivity contribution in [1.29, 1.82) is 0 Å². The molecule has 1 aliphatic rings. The molecule has 0 saturated heterocycles. The molecule has 1 aromatic carbocycles. The van der Waals surface area contributed by atoms with E-state index in [4.69, 9.17) is 5.73 Å². The maximum atomic E-state index is 6.01. The largest absolute Gasteiger partial charge is 0.372 e. The minimum atomic E-state index is -0.0781. The van der Waals surface area contributed by atoms with Gasteiger partial charge in [-0.15, -0.1) is 0 Å². The lowest BCUT2D eigenvalue weighted by Crippen LogP contribution is -2.37. The molecule has 1 aliphatic heterocycles. The van der Waals surface area contributed by atoms with E-state index in [1.807, 2.05) is 6.08 Å². The molecule has 0 amide bonds. The van der Waals surface area contributed by atoms with Crippen molar-refractivity contribution in [3.8, 4) is 0 Å². The smallest absolute Gasteiger partial charge is 0.0844 e. The fraction of sp³-hybridized carbons (Fsp3) is 0.385. The molecule has 0 spiro atoms. The Morgan fingerprint density at radius 1 is 1.56 bits per heavy atom. The third kappa shape index (κ3) is 1.96. The van der Waals surface area contributed by atoms with Crippen LogP contribution in [0.3, 0.4) is 0 Å². The van der Waals surface area contributed by atoms with Crippen LogP contribution in [0.5, 0.6) is 0 Å². The monoisotopic (exact) mass is 217 g/mol. The van der Waals surface area contributed by atoms with Crippen LogP contribution in [-0.2, 0) is 6.42 Å². The van der Waals surface area contributed by atoms with E-state index in [0.717, 1.165) is 30.8 Å². The topological polar surface area (TPSA) is 50.1 Å². The maximum absolute atomic E-state index is 6.01. The summed E-state index contributed by atoms with van der Waals surface area (Å²) in [6.07, 6.45) is 4.06. The Morgan fingerprint density at radius 2 is 2.38 bits per heavy atom. The summed E-state index contributed by atoms with van der Waals surface area (Å²) in [6.45, 7) is 6.78. The van der Waals surface area contributed by atoms with E-state index in [2.05, 4.69) is 36.3 Å². The second-order valence-corrected chi connectivity index (χ2v) is 4.13. The molecule has 2 rings (SSSR count). The van der Waals surface area contributed by atoms with Gasteiger partial charge in [0.2, 0.25) is 0 Å². The van der Waals surface area contributed by atoms with Gasteiger partial charge in [0, 0.05) is 11.3 Å². The Morgan fingerprint density at radius 3 is 3.06 bits per heavy atom. The number of benzene rings is 1. The van der Waals surface area contributed by atoms with Gasteiger partial charge in [0.15, 0.2) is 0 Å². The highest BCUT2D eigenvalue weighted by Gasteiger charge is 2.17. The van der Waals surface area contributed by atoms with Gasteiger partial charge in [0.1, 0.15) is 0 Å². The first-order chi connectivity index (χ1) is 7.76. The Balaban J connectivity index is 2.46. The van der Waals surface area contributed by atoms with Crippen LogP contribution < -0.4 is 16.4 Å². The Bertz CT molecular complexity index is 398. The summed E-state index contributed by atoms with van der Waals surface area (Å²) in [5.41, 5.74) is 10.8. The van der Waals surface area contributed by atoms with Gasteiger partial charge in [-0.2, -0.15) is 0 Å². The molecule has 3 heteroatoms. The van der Waals surface area contributed by atoms with E-state index >= 15 is 0 Å². The van der Waals surface area contributed by atoms with Crippen molar-refractivity contribution in [3.63, 3.8) is 0 Å². The Kier molecular flexibility index (Phi) is 3.27. The second kappa shape index (κ2) is 4.68. The highest BCUT2D eigenvalue weighted by Crippen LogP contribution is 2.28. The normalized spacial score (nSPS) is 18.8. The first kappa shape index (κ1) is 11.2. The van der Waals surface area contributed by atoms with E-state index in [1.54, 1.807) is 0 Å². The minimum Gasteiger partial charge on any atom is -0.372 e. The van der Waals surface area contributed by atoms with E-state index in [1.165, 1.54) is 11.1 Å². The van der Waals surface area contributed by atoms with Gasteiger partial charge in [-0.3, -0.25) is 5.32 Å². The lowest BCUT2D eigenvalue weighted by atomic mass is 9.96. The van der Waals surface area contributed by atoms with E-state index in [-0.39, 0.29) is 6.17 Å². The lowest BCUT2D eigenvalue weighted by Gasteiger charge is -2.26. The lowest BCUT2D eigenvalue weighted by molar-refractivity contribution is 0.560. The van der Waals surface area contributed by atoms with E-state index < -0.39 is 0 Å². The molecule has 1 heterocycles. The van der Waals surface area contributed by atoms with Crippen LogP contribution >= 0.6 is 0 Å². The number of aryl methyl sites for hydroxylation is 1. The van der Waals surface area contributed by atoms with Crippen molar-refractivity contribution >= 4 is 11.8 Å². The molecule has 0 radical (unpaired) electrons. The highest BCUT2D eigenvalue weighted by molar-refractivity contribution is 5.64. The van der Waals surface area contributed by atoms with Gasteiger partial charge in [-0.05, 0) is 29.7 Å². The number of nitrogens with two attached hydrogens (primary N) is 1. The van der Waals surface area contributed by atoms with Crippen molar-refractivity contribution in [2.24, 2.45) is 5.73 Å². The summed E-state index contributed by atoms with van der Waals surface area (Å²) in [6, 6.07) is 4.34. The summed E-state index contributed by atoms with van der Waals surface area (Å²) in [5, 5.41) is 6.49. The SMILES string of the molecule is C=Cc1cc2c(cc1CCC)NCNC2N. The highest BCUT2D eigenvalue weighted by atomic mass is 15.2. The molecular formula is C13H19N3. The van der Waals surface area contributed by atoms with Gasteiger partial charge < -0.3 is 11.1 Å². The van der Waals surface area contributed by atoms with Gasteiger partial charge in [0.25, 0.3) is 0 Å². The Hall–Kier alpha value is -1.32. The number of rotatable bonds is 3. The molecule has 0 saturated carbocycles. The summed E-state index contributed by atoms with van der Waals surface area (Å²) in [7, 11) is 0. The predicted molar refractivity (Wildman–Crippen MR) is 69.1 cm³/mol. The van der Waals surface area contributed by atoms with Crippen LogP contribution in [-0.4, -0.2) is 6.67 Å². The van der Waals surface area contributed by atoms with Crippen molar-refractivity contribution < 1.29 is 0 Å². The standard InChI is InChI=1S/C13H19N3/c1-3-5-10-7-12-11(6-9(10)4-2)13(14)16-8-15-12/h4,6-7,13,15-16H,2-3,5,8,14H2,1H3. The first-order valence-corrected chi connectivity index (χ1v) is 5.78. The number of hydrogen-bond acceptors (Lipinski definition) is 3. The fourth-order valence-corrected chi connectivity index (χ4v) is 2.13. The molecule has 4 N–H and O–H groups in total. The molecule has 0 aliphatic carbocycles. The number of fused-ring (bicyclic) bond motifs is 1. The number of anilines is 1. The summed E-state index contributed by atoms with van der Waals surface area (Å²) in [5.74, 6) is 0. The van der Waals surface area contributed by atoms with Gasteiger partial charge >= 0.3 is 0 Å². The van der Waals surface area contributed by atoms with Crippen molar-refractivity contribution in [2.45, 2.75) is 25.9 Å². The number of nitrogens with one attached hydrogen (secondary N) is 2. The van der Waals surface area contributed by atoms with Crippen LogP contribution in [0.4, 0.5) is 5.69 Å². The predicted octanol–water partition coefficient (Wildman–Crippen LogP) is 2.21. The van der Waals surface area contributed by atoms with Crippen molar-refractivity contribution in [1.82, 2.24) is 5.32 Å². The summed E-state index contributed by atoms with van der Waals surface area (Å²) >= 11 is 0. The summed E-state index contributed by atoms with van der Waals surface area (Å²) in [4.78, 5) is 0. The molecule has 86 valence electrons. The van der Waals surface area contributed by atoms with E-state index in [0.29, 0.717) is 0 Å². The zero-order valence-electron chi connectivity index (χ0n) is 9.72. The van der Waals surface area contributed by atoms with Crippen LogP contribution in [0, 0.1) is 0 Å². The average molecular weight is 217 g/mol. The third-order valence-corrected chi connectivity index (χ3v) is 2.99. The molecule has 0 aromatic heterocycles. The van der Waals surface area contributed by atoms with Gasteiger partial charge in [0.05, 0.1) is 12.8 Å². The molecule has 16 heavy (non-hydrogen) atoms. The second-order valence-electron chi connectivity index (χ2n) is 4.13. The van der Waals surface area contributed by atoms with Crippen molar-refractivity contribution in [2.75, 3.05) is 12.0 Å². The van der Waals surface area contributed by atoms with Crippen molar-refractivity contribution in [3.05, 3.63) is 35.4 Å². The minimum absolute atomic E-state index is 0.0781. The summed E-state index contributed by atoms with van der Waals surface area (Å²) < 4.78 is 0. The quantitative estimate of drug-likeness (QED) is 0.727. The van der Waals surface area contributed by atoms with Gasteiger partial charge in [-0.25, -0.2) is 0 Å². The van der Waals surface area contributed by atoms with Gasteiger partial charge in [-0.1, -0.05) is 26.0 Å². The third-order valence-electron chi connectivity index (χ3n) is 2.99. The zero-order chi connectivity index (χ0) is 11.5. The molecule has 3 nitrogen and oxygen atoms in total. The molecule has 1 unspecified atom stereocenters. The molecule has 0 fully saturated rings. The molecule has 0 bridgehead atoms. The number of hydrogen-bond donors (Lipinski definition) is 3.